The molecule has 0 radical (unpaired) electrons. The predicted octanol–water partition coefficient (Wildman–Crippen LogP) is -0.111. The Balaban J connectivity index is 1.42. The summed E-state index contributed by atoms with van der Waals surface area (Å²) in [5, 5.41) is 6.45. The number of nitrogens with zero attached hydrogens (tertiary/aromatic N) is 5. The highest BCUT2D eigenvalue weighted by Crippen LogP contribution is 2.08. The van der Waals surface area contributed by atoms with E-state index >= 15 is 0 Å². The van der Waals surface area contributed by atoms with E-state index in [1.54, 1.807) is 11.9 Å². The van der Waals surface area contributed by atoms with Crippen molar-refractivity contribution in [2.75, 3.05) is 32.7 Å². The van der Waals surface area contributed by atoms with E-state index < -0.39 is 5.91 Å². The maximum Gasteiger partial charge on any atom is 0.289 e. The van der Waals surface area contributed by atoms with Crippen LogP contribution in [0.4, 0.5) is 0 Å². The summed E-state index contributed by atoms with van der Waals surface area (Å²) in [6.07, 6.45) is 1.31. The fraction of sp³-hybridized carbons (Fsp3) is 0.412. The molecule has 0 unspecified atom stereocenters. The Hall–Kier alpha value is -2.74. The van der Waals surface area contributed by atoms with Crippen molar-refractivity contribution in [1.29, 1.82) is 0 Å². The van der Waals surface area contributed by atoms with Gasteiger partial charge in [0.2, 0.25) is 11.7 Å². The molecular weight excluding hydrogens is 320 g/mol. The highest BCUT2D eigenvalue weighted by molar-refractivity contribution is 5.93. The summed E-state index contributed by atoms with van der Waals surface area (Å²) in [5.41, 5.74) is 1.28. The van der Waals surface area contributed by atoms with Gasteiger partial charge in [0.15, 0.2) is 0 Å². The highest BCUT2D eigenvalue weighted by atomic mass is 16.2. The predicted molar refractivity (Wildman–Crippen MR) is 91.6 cm³/mol. The molecule has 2 aromatic rings. The van der Waals surface area contributed by atoms with Crippen LogP contribution in [0.3, 0.4) is 0 Å². The lowest BCUT2D eigenvalue weighted by molar-refractivity contribution is -0.131. The third-order valence-electron chi connectivity index (χ3n) is 4.29. The van der Waals surface area contributed by atoms with Crippen LogP contribution in [0.2, 0.25) is 0 Å². The molecule has 132 valence electrons. The molecule has 0 bridgehead atoms. The van der Waals surface area contributed by atoms with Crippen LogP contribution < -0.4 is 5.32 Å². The second-order valence-corrected chi connectivity index (χ2v) is 6.03. The molecule has 1 aromatic carbocycles. The zero-order valence-electron chi connectivity index (χ0n) is 14.3. The number of nitrogens with one attached hydrogen (secondary N) is 1. The molecule has 2 heterocycles. The second kappa shape index (κ2) is 7.89. The molecule has 1 aliphatic heterocycles. The number of carbonyl (C=O) groups is 2. The van der Waals surface area contributed by atoms with Gasteiger partial charge in [-0.3, -0.25) is 14.5 Å². The van der Waals surface area contributed by atoms with E-state index in [1.807, 2.05) is 18.2 Å². The molecule has 0 aliphatic carbocycles. The fourth-order valence-electron chi connectivity index (χ4n) is 2.85. The molecule has 0 saturated carbocycles. The standard InChI is InChI=1S/C17H22N6O2/c1-21-16(19-13-20-21)17(25)18-11-15(24)23-9-7-22(8-10-23)12-14-5-3-2-4-6-14/h2-6,13H,7-12H2,1H3,(H,18,25). The van der Waals surface area contributed by atoms with Crippen LogP contribution in [0.1, 0.15) is 16.2 Å². The van der Waals surface area contributed by atoms with Crippen LogP contribution in [0, 0.1) is 0 Å². The number of carbonyl (C=O) groups excluding carboxylic acids is 2. The Labute approximate surface area is 146 Å². The molecular formula is C17H22N6O2. The van der Waals surface area contributed by atoms with Gasteiger partial charge in [0.05, 0.1) is 6.54 Å². The molecule has 25 heavy (non-hydrogen) atoms. The SMILES string of the molecule is Cn1ncnc1C(=O)NCC(=O)N1CCN(Cc2ccccc2)CC1. The number of hydrogen-bond donors (Lipinski definition) is 1. The van der Waals surface area contributed by atoms with Crippen molar-refractivity contribution in [1.82, 2.24) is 29.9 Å². The molecule has 1 aromatic heterocycles. The third-order valence-corrected chi connectivity index (χ3v) is 4.29. The van der Waals surface area contributed by atoms with Gasteiger partial charge in [-0.15, -0.1) is 0 Å². The minimum absolute atomic E-state index is 0.0234. The van der Waals surface area contributed by atoms with Gasteiger partial charge in [-0.2, -0.15) is 5.10 Å². The summed E-state index contributed by atoms with van der Waals surface area (Å²) in [6, 6.07) is 10.3. The Morgan fingerprint density at radius 1 is 1.12 bits per heavy atom. The van der Waals surface area contributed by atoms with Gasteiger partial charge in [-0.05, 0) is 5.56 Å². The van der Waals surface area contributed by atoms with Gasteiger partial charge < -0.3 is 10.2 Å². The number of benzene rings is 1. The minimum Gasteiger partial charge on any atom is -0.340 e. The summed E-state index contributed by atoms with van der Waals surface area (Å²) in [6.45, 7) is 3.88. The molecule has 2 amide bonds. The summed E-state index contributed by atoms with van der Waals surface area (Å²) < 4.78 is 1.38. The van der Waals surface area contributed by atoms with Gasteiger partial charge in [-0.1, -0.05) is 30.3 Å². The van der Waals surface area contributed by atoms with E-state index in [2.05, 4.69) is 32.4 Å². The highest BCUT2D eigenvalue weighted by Gasteiger charge is 2.22. The van der Waals surface area contributed by atoms with E-state index in [0.717, 1.165) is 19.6 Å². The maximum atomic E-state index is 12.3. The third kappa shape index (κ3) is 4.42. The number of rotatable bonds is 5. The van der Waals surface area contributed by atoms with E-state index in [9.17, 15) is 9.59 Å². The van der Waals surface area contributed by atoms with E-state index in [4.69, 9.17) is 0 Å². The zero-order valence-corrected chi connectivity index (χ0v) is 14.3. The van der Waals surface area contributed by atoms with Crippen molar-refractivity contribution in [2.24, 2.45) is 7.05 Å². The normalized spacial score (nSPS) is 15.2. The monoisotopic (exact) mass is 342 g/mol. The molecule has 1 aliphatic rings. The van der Waals surface area contributed by atoms with Crippen LogP contribution in [-0.2, 0) is 18.4 Å². The van der Waals surface area contributed by atoms with E-state index in [0.29, 0.717) is 13.1 Å². The Morgan fingerprint density at radius 3 is 2.48 bits per heavy atom. The lowest BCUT2D eigenvalue weighted by Gasteiger charge is -2.34. The first-order valence-electron chi connectivity index (χ1n) is 8.30. The van der Waals surface area contributed by atoms with Crippen LogP contribution in [0.15, 0.2) is 36.7 Å². The van der Waals surface area contributed by atoms with Crippen molar-refractivity contribution in [3.05, 3.63) is 48.0 Å². The first kappa shape index (κ1) is 17.1. The average Bonchev–Trinajstić information content (AvgIpc) is 3.07. The molecule has 0 atom stereocenters. The topological polar surface area (TPSA) is 83.4 Å². The molecule has 1 saturated heterocycles. The largest absolute Gasteiger partial charge is 0.340 e. The molecule has 1 fully saturated rings. The summed E-state index contributed by atoms with van der Waals surface area (Å²) >= 11 is 0. The van der Waals surface area contributed by atoms with Gasteiger partial charge in [0.25, 0.3) is 5.91 Å². The van der Waals surface area contributed by atoms with Crippen LogP contribution in [0.5, 0.6) is 0 Å². The smallest absolute Gasteiger partial charge is 0.289 e. The Bertz CT molecular complexity index is 722. The van der Waals surface area contributed by atoms with Gasteiger partial charge in [0, 0.05) is 39.8 Å². The van der Waals surface area contributed by atoms with Crippen molar-refractivity contribution in [3.8, 4) is 0 Å². The number of aryl methyl sites for hydroxylation is 1. The van der Waals surface area contributed by atoms with Gasteiger partial charge in [0.1, 0.15) is 6.33 Å². The Morgan fingerprint density at radius 2 is 1.84 bits per heavy atom. The van der Waals surface area contributed by atoms with E-state index in [1.165, 1.54) is 16.6 Å². The van der Waals surface area contributed by atoms with Crippen LogP contribution in [0.25, 0.3) is 0 Å². The lowest BCUT2D eigenvalue weighted by atomic mass is 10.2. The molecule has 0 spiro atoms. The maximum absolute atomic E-state index is 12.3. The fourth-order valence-corrected chi connectivity index (χ4v) is 2.85. The first-order valence-corrected chi connectivity index (χ1v) is 8.30. The lowest BCUT2D eigenvalue weighted by Crippen LogP contribution is -2.50. The Kier molecular flexibility index (Phi) is 5.39. The molecule has 8 heteroatoms. The number of amides is 2. The number of piperazine rings is 1. The molecule has 1 N–H and O–H groups in total. The quantitative estimate of drug-likeness (QED) is 0.820. The summed E-state index contributed by atoms with van der Waals surface area (Å²) in [5.74, 6) is -0.272. The second-order valence-electron chi connectivity index (χ2n) is 6.03. The van der Waals surface area contributed by atoms with Gasteiger partial charge >= 0.3 is 0 Å². The van der Waals surface area contributed by atoms with E-state index in [-0.39, 0.29) is 18.3 Å². The molecule has 3 rings (SSSR count). The minimum atomic E-state index is -0.393. The van der Waals surface area contributed by atoms with Crippen LogP contribution in [-0.4, -0.2) is 69.1 Å². The number of aromatic nitrogens is 3. The van der Waals surface area contributed by atoms with Crippen molar-refractivity contribution in [3.63, 3.8) is 0 Å². The van der Waals surface area contributed by atoms with Crippen molar-refractivity contribution in [2.45, 2.75) is 6.54 Å². The van der Waals surface area contributed by atoms with Crippen LogP contribution >= 0.6 is 0 Å². The van der Waals surface area contributed by atoms with Crippen molar-refractivity contribution >= 4 is 11.8 Å². The number of hydrogen-bond acceptors (Lipinski definition) is 5. The summed E-state index contributed by atoms with van der Waals surface area (Å²) in [4.78, 5) is 32.2. The summed E-state index contributed by atoms with van der Waals surface area (Å²) in [7, 11) is 1.63. The first-order chi connectivity index (χ1) is 12.1. The average molecular weight is 342 g/mol. The molecule has 8 nitrogen and oxygen atoms in total. The van der Waals surface area contributed by atoms with Crippen molar-refractivity contribution < 1.29 is 9.59 Å². The zero-order chi connectivity index (χ0) is 17.6. The van der Waals surface area contributed by atoms with Gasteiger partial charge in [-0.25, -0.2) is 9.67 Å².